The minimum atomic E-state index is -0.814. The smallest absolute Gasteiger partial charge is 0.303 e. The second kappa shape index (κ2) is 6.87. The van der Waals surface area contributed by atoms with Gasteiger partial charge >= 0.3 is 5.97 Å². The van der Waals surface area contributed by atoms with Gasteiger partial charge in [-0.1, -0.05) is 24.3 Å². The Labute approximate surface area is 166 Å². The second-order valence-corrected chi connectivity index (χ2v) is 9.91. The van der Waals surface area contributed by atoms with E-state index in [0.717, 1.165) is 43.2 Å². The molecule has 0 radical (unpaired) electrons. The molecule has 5 heteroatoms. The highest BCUT2D eigenvalue weighted by Crippen LogP contribution is 2.55. The molecule has 5 nitrogen and oxygen atoms in total. The average molecular weight is 386 g/mol. The molecule has 4 aliphatic carbocycles. The van der Waals surface area contributed by atoms with Crippen LogP contribution in [0.4, 0.5) is 0 Å². The highest BCUT2D eigenvalue weighted by atomic mass is 16.4. The third-order valence-corrected chi connectivity index (χ3v) is 7.38. The molecule has 0 aromatic heterocycles. The fourth-order valence-corrected chi connectivity index (χ4v) is 6.05. The van der Waals surface area contributed by atoms with Gasteiger partial charge in [-0.15, -0.1) is 0 Å². The predicted molar refractivity (Wildman–Crippen MR) is 106 cm³/mol. The molecule has 4 bridgehead atoms. The monoisotopic (exact) mass is 385 g/mol. The second-order valence-electron chi connectivity index (χ2n) is 9.91. The first kappa shape index (κ1) is 19.4. The zero-order valence-electron chi connectivity index (χ0n) is 16.8. The number of aliphatic carboxylic acids is 1. The summed E-state index contributed by atoms with van der Waals surface area (Å²) in [6, 6.07) is 7.89. The van der Waals surface area contributed by atoms with Crippen molar-refractivity contribution in [1.82, 2.24) is 5.32 Å². The number of hydrogen-bond acceptors (Lipinski definition) is 3. The number of carbonyl (C=O) groups is 2. The van der Waals surface area contributed by atoms with E-state index in [1.54, 1.807) is 0 Å². The van der Waals surface area contributed by atoms with Crippen molar-refractivity contribution in [2.75, 3.05) is 0 Å². The van der Waals surface area contributed by atoms with Crippen molar-refractivity contribution < 1.29 is 19.8 Å². The zero-order valence-corrected chi connectivity index (χ0v) is 16.8. The Balaban J connectivity index is 1.47. The lowest BCUT2D eigenvalue weighted by Gasteiger charge is -2.58. The summed E-state index contributed by atoms with van der Waals surface area (Å²) < 4.78 is 0. The summed E-state index contributed by atoms with van der Waals surface area (Å²) in [6.07, 6.45) is 5.37. The SMILES string of the molecule is CC(C)(C(=O)NC1[C@@H]2CC3C[C@@H]1CC(O)(C3)C2)c1cccc(CCC(=O)O)c1. The Kier molecular flexibility index (Phi) is 4.77. The van der Waals surface area contributed by atoms with Crippen LogP contribution in [0, 0.1) is 17.8 Å². The molecule has 1 aromatic carbocycles. The van der Waals surface area contributed by atoms with Crippen LogP contribution in [0.1, 0.15) is 63.5 Å². The first-order valence-corrected chi connectivity index (χ1v) is 10.5. The molecule has 152 valence electrons. The summed E-state index contributed by atoms with van der Waals surface area (Å²) in [4.78, 5) is 24.1. The van der Waals surface area contributed by atoms with Gasteiger partial charge in [-0.05, 0) is 81.3 Å². The number of carbonyl (C=O) groups excluding carboxylic acids is 1. The van der Waals surface area contributed by atoms with E-state index in [9.17, 15) is 14.7 Å². The van der Waals surface area contributed by atoms with Crippen molar-refractivity contribution in [3.05, 3.63) is 35.4 Å². The minimum Gasteiger partial charge on any atom is -0.481 e. The number of hydrogen-bond donors (Lipinski definition) is 3. The number of carboxylic acid groups (broad SMARTS) is 1. The molecule has 1 aromatic rings. The molecule has 4 saturated carbocycles. The van der Waals surface area contributed by atoms with Crippen molar-refractivity contribution in [1.29, 1.82) is 0 Å². The molecule has 0 aliphatic heterocycles. The normalized spacial score (nSPS) is 33.7. The van der Waals surface area contributed by atoms with Crippen LogP contribution in [0.5, 0.6) is 0 Å². The molecular formula is C23H31NO4. The van der Waals surface area contributed by atoms with Gasteiger partial charge in [-0.3, -0.25) is 9.59 Å². The molecule has 0 saturated heterocycles. The standard InChI is InChI=1S/C23H31NO4/c1-22(2,18-5-3-4-14(10-18)6-7-19(25)26)21(27)24-20-16-8-15-9-17(20)13-23(28,11-15)12-16/h3-5,10,15-17,20,28H,6-9,11-13H2,1-2H3,(H,24,27)(H,25,26)/t15?,16-,17-,20?,23?/m1/s1. The molecule has 28 heavy (non-hydrogen) atoms. The summed E-state index contributed by atoms with van der Waals surface area (Å²) >= 11 is 0. The highest BCUT2D eigenvalue weighted by molar-refractivity contribution is 5.87. The van der Waals surface area contributed by atoms with E-state index < -0.39 is 17.0 Å². The fourth-order valence-electron chi connectivity index (χ4n) is 6.05. The number of rotatable bonds is 6. The lowest BCUT2D eigenvalue weighted by Crippen LogP contribution is -2.62. The van der Waals surface area contributed by atoms with Gasteiger partial charge in [0.2, 0.25) is 5.91 Å². The third-order valence-electron chi connectivity index (χ3n) is 7.38. The molecule has 3 N–H and O–H groups in total. The van der Waals surface area contributed by atoms with Gasteiger partial charge in [0.25, 0.3) is 0 Å². The number of aliphatic hydroxyl groups is 1. The highest BCUT2D eigenvalue weighted by Gasteiger charge is 2.55. The van der Waals surface area contributed by atoms with Crippen molar-refractivity contribution in [3.63, 3.8) is 0 Å². The van der Waals surface area contributed by atoms with Crippen LogP contribution in [0.25, 0.3) is 0 Å². The van der Waals surface area contributed by atoms with Crippen molar-refractivity contribution in [2.24, 2.45) is 17.8 Å². The van der Waals surface area contributed by atoms with Gasteiger partial charge < -0.3 is 15.5 Å². The van der Waals surface area contributed by atoms with E-state index in [-0.39, 0.29) is 18.4 Å². The van der Waals surface area contributed by atoms with E-state index in [4.69, 9.17) is 5.11 Å². The molecule has 0 heterocycles. The Hall–Kier alpha value is -1.88. The van der Waals surface area contributed by atoms with E-state index in [2.05, 4.69) is 5.32 Å². The van der Waals surface area contributed by atoms with Crippen molar-refractivity contribution in [3.8, 4) is 0 Å². The summed E-state index contributed by atoms with van der Waals surface area (Å²) in [5.41, 5.74) is 0.671. The lowest BCUT2D eigenvalue weighted by molar-refractivity contribution is -0.148. The van der Waals surface area contributed by atoms with Gasteiger partial charge in [-0.2, -0.15) is 0 Å². The van der Waals surface area contributed by atoms with Crippen LogP contribution in [0.2, 0.25) is 0 Å². The van der Waals surface area contributed by atoms with Crippen LogP contribution >= 0.6 is 0 Å². The first-order valence-electron chi connectivity index (χ1n) is 10.5. The van der Waals surface area contributed by atoms with E-state index in [0.29, 0.717) is 24.2 Å². The fraction of sp³-hybridized carbons (Fsp3) is 0.652. The summed E-state index contributed by atoms with van der Waals surface area (Å²) in [5.74, 6) is 0.601. The Bertz CT molecular complexity index is 771. The molecule has 5 rings (SSSR count). The Morgan fingerprint density at radius 2 is 1.86 bits per heavy atom. The van der Waals surface area contributed by atoms with Gasteiger partial charge in [0, 0.05) is 12.5 Å². The molecular weight excluding hydrogens is 354 g/mol. The number of benzene rings is 1. The Morgan fingerprint density at radius 3 is 2.46 bits per heavy atom. The van der Waals surface area contributed by atoms with Crippen molar-refractivity contribution in [2.45, 2.75) is 75.9 Å². The molecule has 1 amide bonds. The summed E-state index contributed by atoms with van der Waals surface area (Å²) in [7, 11) is 0. The number of aryl methyl sites for hydroxylation is 1. The van der Waals surface area contributed by atoms with Crippen molar-refractivity contribution >= 4 is 11.9 Å². The topological polar surface area (TPSA) is 86.6 Å². The molecule has 0 unspecified atom stereocenters. The maximum atomic E-state index is 13.2. The van der Waals surface area contributed by atoms with Crippen LogP contribution in [-0.2, 0) is 21.4 Å². The molecule has 4 fully saturated rings. The maximum Gasteiger partial charge on any atom is 0.303 e. The van der Waals surface area contributed by atoms with Crippen LogP contribution in [0.3, 0.4) is 0 Å². The average Bonchev–Trinajstić information content (AvgIpc) is 2.61. The van der Waals surface area contributed by atoms with E-state index in [1.165, 1.54) is 0 Å². The van der Waals surface area contributed by atoms with Gasteiger partial charge in [0.15, 0.2) is 0 Å². The predicted octanol–water partition coefficient (Wildman–Crippen LogP) is 3.04. The molecule has 0 spiro atoms. The summed E-state index contributed by atoms with van der Waals surface area (Å²) in [6.45, 7) is 3.87. The quantitative estimate of drug-likeness (QED) is 0.702. The number of nitrogens with one attached hydrogen (secondary N) is 1. The third kappa shape index (κ3) is 3.57. The van der Waals surface area contributed by atoms with Gasteiger partial charge in [0.05, 0.1) is 11.0 Å². The number of carboxylic acids is 1. The largest absolute Gasteiger partial charge is 0.481 e. The van der Waals surface area contributed by atoms with E-state index >= 15 is 0 Å². The van der Waals surface area contributed by atoms with E-state index in [1.807, 2.05) is 38.1 Å². The maximum absolute atomic E-state index is 13.2. The molecule has 4 aliphatic rings. The van der Waals surface area contributed by atoms with Crippen LogP contribution in [0.15, 0.2) is 24.3 Å². The van der Waals surface area contributed by atoms with Gasteiger partial charge in [0.1, 0.15) is 0 Å². The lowest BCUT2D eigenvalue weighted by atomic mass is 9.52. The summed E-state index contributed by atoms with van der Waals surface area (Å²) in [5, 5.41) is 23.0. The van der Waals surface area contributed by atoms with Crippen LogP contribution < -0.4 is 5.32 Å². The van der Waals surface area contributed by atoms with Gasteiger partial charge in [-0.25, -0.2) is 0 Å². The number of amides is 1. The molecule has 2 atom stereocenters. The Morgan fingerprint density at radius 1 is 1.18 bits per heavy atom. The zero-order chi connectivity index (χ0) is 20.1. The van der Waals surface area contributed by atoms with Crippen LogP contribution in [-0.4, -0.2) is 33.7 Å². The minimum absolute atomic E-state index is 0.0207. The first-order chi connectivity index (χ1) is 13.2.